The Hall–Kier alpha value is -1.67. The first kappa shape index (κ1) is 36.1. The Morgan fingerprint density at radius 2 is 1.58 bits per heavy atom. The molecule has 8 nitrogen and oxygen atoms in total. The maximum absolute atomic E-state index is 13.5. The standard InChI is InChI=1S/C40H66N2O6/c1-35(2,34(45)46)26-33(44)48-31-13-15-37(5)29(36(31,3)4)12-16-39(7)30(37)11-10-27-28-9-8-14-40(28,18-17-38(27,39)6)25-32(43)41-19-20-42-21-23-47-24-22-42/h27-31H,8-26H2,1-7H3,(H,41,43)(H,45,46)/t27-,28-,29?,30?,31+,37+,38-,39-,40-/m1/s1. The molecule has 1 saturated heterocycles. The quantitative estimate of drug-likeness (QED) is 0.252. The highest BCUT2D eigenvalue weighted by atomic mass is 16.5. The normalized spacial score (nSPS) is 42.4. The first-order valence-corrected chi connectivity index (χ1v) is 19.5. The molecule has 5 saturated carbocycles. The molecule has 0 radical (unpaired) electrons. The third-order valence-corrected chi connectivity index (χ3v) is 16.3. The Kier molecular flexibility index (Phi) is 9.66. The fourth-order valence-corrected chi connectivity index (χ4v) is 13.4. The van der Waals surface area contributed by atoms with E-state index in [9.17, 15) is 19.5 Å². The van der Waals surface area contributed by atoms with Crippen LogP contribution in [0.25, 0.3) is 0 Å². The van der Waals surface area contributed by atoms with Crippen molar-refractivity contribution in [3.05, 3.63) is 0 Å². The highest BCUT2D eigenvalue weighted by Gasteiger charge is 2.70. The van der Waals surface area contributed by atoms with Gasteiger partial charge in [0.05, 0.1) is 25.0 Å². The topological polar surface area (TPSA) is 105 Å². The molecule has 0 bridgehead atoms. The Morgan fingerprint density at radius 1 is 0.854 bits per heavy atom. The average Bonchev–Trinajstić information content (AvgIpc) is 3.43. The van der Waals surface area contributed by atoms with E-state index in [2.05, 4.69) is 44.8 Å². The Balaban J connectivity index is 1.14. The Labute approximate surface area is 290 Å². The van der Waals surface area contributed by atoms with E-state index in [1.807, 2.05) is 0 Å². The SMILES string of the molecule is CC(C)(CC(=O)O[C@H]1CC[C@@]2(C)C(CC[C@]3(C)C2CC[C@@H]2[C@H]4CCC[C@]4(CC(=O)NCCN4CCOCC4)CC[C@]23C)C1(C)C)C(=O)O. The second kappa shape index (κ2) is 12.8. The van der Waals surface area contributed by atoms with Crippen LogP contribution < -0.4 is 5.32 Å². The lowest BCUT2D eigenvalue weighted by molar-refractivity contribution is -0.248. The summed E-state index contributed by atoms with van der Waals surface area (Å²) >= 11 is 0. The number of nitrogens with one attached hydrogen (secondary N) is 1. The van der Waals surface area contributed by atoms with Gasteiger partial charge in [-0.25, -0.2) is 0 Å². The van der Waals surface area contributed by atoms with Crippen LogP contribution in [0, 0.1) is 56.2 Å². The molecule has 1 aliphatic heterocycles. The number of hydrogen-bond acceptors (Lipinski definition) is 6. The molecule has 272 valence electrons. The molecule has 0 aromatic rings. The van der Waals surface area contributed by atoms with Crippen molar-refractivity contribution in [2.75, 3.05) is 39.4 Å². The van der Waals surface area contributed by atoms with Crippen LogP contribution in [-0.2, 0) is 23.9 Å². The van der Waals surface area contributed by atoms with Gasteiger partial charge in [0.2, 0.25) is 5.91 Å². The van der Waals surface area contributed by atoms with E-state index in [0.717, 1.165) is 58.7 Å². The van der Waals surface area contributed by atoms with Gasteiger partial charge in [0, 0.05) is 38.0 Å². The summed E-state index contributed by atoms with van der Waals surface area (Å²) in [6.07, 6.45) is 13.4. The maximum atomic E-state index is 13.5. The predicted octanol–water partition coefficient (Wildman–Crippen LogP) is 7.09. The molecular formula is C40H66N2O6. The van der Waals surface area contributed by atoms with E-state index >= 15 is 0 Å². The summed E-state index contributed by atoms with van der Waals surface area (Å²) in [4.78, 5) is 40.6. The Bertz CT molecular complexity index is 1240. The van der Waals surface area contributed by atoms with Gasteiger partial charge >= 0.3 is 11.9 Å². The second-order valence-electron chi connectivity index (χ2n) is 19.2. The number of fused-ring (bicyclic) bond motifs is 7. The molecule has 2 N–H and O–H groups in total. The number of nitrogens with zero attached hydrogens (tertiary/aromatic N) is 1. The average molecular weight is 671 g/mol. The van der Waals surface area contributed by atoms with Gasteiger partial charge in [-0.15, -0.1) is 0 Å². The molecule has 6 fully saturated rings. The minimum absolute atomic E-state index is 0.101. The molecule has 2 unspecified atom stereocenters. The third kappa shape index (κ3) is 5.94. The molecule has 1 amide bonds. The fourth-order valence-electron chi connectivity index (χ4n) is 13.4. The first-order chi connectivity index (χ1) is 22.5. The van der Waals surface area contributed by atoms with Gasteiger partial charge in [0.1, 0.15) is 6.10 Å². The number of carbonyl (C=O) groups excluding carboxylic acids is 2. The van der Waals surface area contributed by atoms with Gasteiger partial charge in [0.25, 0.3) is 0 Å². The number of carbonyl (C=O) groups is 3. The highest BCUT2D eigenvalue weighted by molar-refractivity contribution is 5.81. The van der Waals surface area contributed by atoms with Crippen LogP contribution >= 0.6 is 0 Å². The van der Waals surface area contributed by atoms with Crippen LogP contribution in [0.3, 0.4) is 0 Å². The van der Waals surface area contributed by atoms with Crippen molar-refractivity contribution >= 4 is 17.8 Å². The summed E-state index contributed by atoms with van der Waals surface area (Å²) in [7, 11) is 0. The van der Waals surface area contributed by atoms with E-state index in [4.69, 9.17) is 9.47 Å². The zero-order chi connectivity index (χ0) is 34.8. The number of aliphatic carboxylic acids is 1. The molecule has 5 aliphatic carbocycles. The van der Waals surface area contributed by atoms with Crippen molar-refractivity contribution in [1.82, 2.24) is 10.2 Å². The van der Waals surface area contributed by atoms with Crippen molar-refractivity contribution in [3.8, 4) is 0 Å². The molecule has 6 rings (SSSR count). The van der Waals surface area contributed by atoms with Crippen LogP contribution in [0.15, 0.2) is 0 Å². The molecule has 0 aromatic heterocycles. The van der Waals surface area contributed by atoms with Gasteiger partial charge in [-0.1, -0.05) is 41.0 Å². The van der Waals surface area contributed by atoms with Gasteiger partial charge in [0.15, 0.2) is 0 Å². The number of hydrogen-bond donors (Lipinski definition) is 2. The maximum Gasteiger partial charge on any atom is 0.309 e. The molecule has 6 aliphatic rings. The van der Waals surface area contributed by atoms with Crippen LogP contribution in [0.4, 0.5) is 0 Å². The minimum Gasteiger partial charge on any atom is -0.481 e. The fraction of sp³-hybridized carbons (Fsp3) is 0.925. The molecular weight excluding hydrogens is 604 g/mol. The van der Waals surface area contributed by atoms with Gasteiger partial charge in [-0.05, 0) is 123 Å². The highest BCUT2D eigenvalue weighted by Crippen LogP contribution is 2.77. The number of esters is 1. The Morgan fingerprint density at radius 3 is 2.29 bits per heavy atom. The number of ether oxygens (including phenoxy) is 2. The van der Waals surface area contributed by atoms with Crippen molar-refractivity contribution in [2.24, 2.45) is 56.2 Å². The van der Waals surface area contributed by atoms with Crippen molar-refractivity contribution in [2.45, 2.75) is 138 Å². The summed E-state index contributed by atoms with van der Waals surface area (Å²) in [5, 5.41) is 12.9. The number of rotatable bonds is 9. The van der Waals surface area contributed by atoms with Crippen LogP contribution in [-0.4, -0.2) is 73.3 Å². The summed E-state index contributed by atoms with van der Waals surface area (Å²) in [6.45, 7) is 20.8. The zero-order valence-electron chi connectivity index (χ0n) is 31.3. The molecule has 0 spiro atoms. The van der Waals surface area contributed by atoms with Crippen molar-refractivity contribution in [1.29, 1.82) is 0 Å². The van der Waals surface area contributed by atoms with E-state index in [1.54, 1.807) is 13.8 Å². The van der Waals surface area contributed by atoms with Gasteiger partial charge in [-0.3, -0.25) is 19.3 Å². The number of carboxylic acid groups (broad SMARTS) is 1. The molecule has 9 atom stereocenters. The lowest BCUT2D eigenvalue weighted by atomic mass is 9.32. The summed E-state index contributed by atoms with van der Waals surface area (Å²) in [5.74, 6) is 1.32. The molecule has 8 heteroatoms. The third-order valence-electron chi connectivity index (χ3n) is 16.3. The van der Waals surface area contributed by atoms with Crippen LogP contribution in [0.1, 0.15) is 132 Å². The van der Waals surface area contributed by atoms with Crippen LogP contribution in [0.5, 0.6) is 0 Å². The van der Waals surface area contributed by atoms with E-state index in [-0.39, 0.29) is 51.5 Å². The monoisotopic (exact) mass is 670 g/mol. The van der Waals surface area contributed by atoms with Crippen LogP contribution in [0.2, 0.25) is 0 Å². The summed E-state index contributed by atoms with van der Waals surface area (Å²) in [6, 6.07) is 0. The van der Waals surface area contributed by atoms with E-state index < -0.39 is 11.4 Å². The lowest BCUT2D eigenvalue weighted by Crippen LogP contribution is -2.66. The van der Waals surface area contributed by atoms with Crippen molar-refractivity contribution in [3.63, 3.8) is 0 Å². The minimum atomic E-state index is -1.13. The molecule has 1 heterocycles. The number of morpholine rings is 1. The van der Waals surface area contributed by atoms with Gasteiger partial charge in [-0.2, -0.15) is 0 Å². The van der Waals surface area contributed by atoms with Gasteiger partial charge < -0.3 is 19.9 Å². The summed E-state index contributed by atoms with van der Waals surface area (Å²) < 4.78 is 11.6. The number of amides is 1. The molecule has 48 heavy (non-hydrogen) atoms. The first-order valence-electron chi connectivity index (χ1n) is 19.5. The predicted molar refractivity (Wildman–Crippen MR) is 186 cm³/mol. The lowest BCUT2D eigenvalue weighted by Gasteiger charge is -2.72. The zero-order valence-corrected chi connectivity index (χ0v) is 31.3. The largest absolute Gasteiger partial charge is 0.481 e. The van der Waals surface area contributed by atoms with E-state index in [1.165, 1.54) is 51.4 Å². The second-order valence-corrected chi connectivity index (χ2v) is 19.2. The van der Waals surface area contributed by atoms with E-state index in [0.29, 0.717) is 30.1 Å². The molecule has 0 aromatic carbocycles. The summed E-state index contributed by atoms with van der Waals surface area (Å²) in [5.41, 5.74) is -0.437. The van der Waals surface area contributed by atoms with Crippen molar-refractivity contribution < 1.29 is 29.0 Å². The smallest absolute Gasteiger partial charge is 0.309 e. The number of carboxylic acids is 1.